The molecule has 3 aliphatic rings. The second-order valence-corrected chi connectivity index (χ2v) is 6.80. The monoisotopic (exact) mass is 278 g/mol. The van der Waals surface area contributed by atoms with E-state index in [-0.39, 0.29) is 5.91 Å². The molecule has 0 radical (unpaired) electrons. The van der Waals surface area contributed by atoms with E-state index in [1.54, 1.807) is 0 Å². The van der Waals surface area contributed by atoms with E-state index in [9.17, 15) is 9.59 Å². The highest BCUT2D eigenvalue weighted by molar-refractivity contribution is 5.83. The lowest BCUT2D eigenvalue weighted by Gasteiger charge is -2.41. The number of ketones is 1. The van der Waals surface area contributed by atoms with Gasteiger partial charge in [-0.05, 0) is 31.6 Å². The van der Waals surface area contributed by atoms with Gasteiger partial charge in [-0.1, -0.05) is 19.3 Å². The molecular weight excluding hydrogens is 252 g/mol. The number of carbonyl (C=O) groups excluding carboxylic acids is 2. The van der Waals surface area contributed by atoms with Crippen molar-refractivity contribution in [1.82, 2.24) is 10.2 Å². The minimum Gasteiger partial charge on any atom is -0.353 e. The third-order valence-corrected chi connectivity index (χ3v) is 5.35. The summed E-state index contributed by atoms with van der Waals surface area (Å²) in [4.78, 5) is 26.1. The lowest BCUT2D eigenvalue weighted by molar-refractivity contribution is -0.128. The van der Waals surface area contributed by atoms with Gasteiger partial charge in [0.2, 0.25) is 5.91 Å². The van der Waals surface area contributed by atoms with Crippen LogP contribution in [0.2, 0.25) is 0 Å². The zero-order valence-electron chi connectivity index (χ0n) is 12.3. The van der Waals surface area contributed by atoms with Crippen LogP contribution in [0, 0.1) is 11.8 Å². The average molecular weight is 278 g/mol. The lowest BCUT2D eigenvalue weighted by atomic mass is 9.83. The van der Waals surface area contributed by atoms with Gasteiger partial charge >= 0.3 is 0 Å². The van der Waals surface area contributed by atoms with Gasteiger partial charge < -0.3 is 5.32 Å². The SMILES string of the molecule is O=C1CCC2CN(CC(=O)C3CCCCC3)CCC2N1. The highest BCUT2D eigenvalue weighted by Gasteiger charge is 2.34. The zero-order chi connectivity index (χ0) is 13.9. The van der Waals surface area contributed by atoms with Crippen LogP contribution in [-0.2, 0) is 9.59 Å². The van der Waals surface area contributed by atoms with Gasteiger partial charge in [-0.15, -0.1) is 0 Å². The van der Waals surface area contributed by atoms with Crippen molar-refractivity contribution in [2.24, 2.45) is 11.8 Å². The van der Waals surface area contributed by atoms with E-state index < -0.39 is 0 Å². The molecule has 0 spiro atoms. The predicted octanol–water partition coefficient (Wildman–Crippen LogP) is 1.74. The molecule has 2 atom stereocenters. The number of hydrogen-bond donors (Lipinski definition) is 1. The molecule has 2 unspecified atom stereocenters. The summed E-state index contributed by atoms with van der Waals surface area (Å²) in [6, 6.07) is 0.359. The summed E-state index contributed by atoms with van der Waals surface area (Å²) in [6.45, 7) is 2.59. The summed E-state index contributed by atoms with van der Waals surface area (Å²) in [5, 5.41) is 3.11. The normalized spacial score (nSPS) is 32.5. The minimum atomic E-state index is 0.206. The zero-order valence-corrected chi connectivity index (χ0v) is 12.3. The summed E-state index contributed by atoms with van der Waals surface area (Å²) in [6.07, 6.45) is 8.63. The van der Waals surface area contributed by atoms with Gasteiger partial charge in [0.1, 0.15) is 5.78 Å². The molecule has 2 heterocycles. The van der Waals surface area contributed by atoms with Gasteiger partial charge in [-0.3, -0.25) is 14.5 Å². The summed E-state index contributed by atoms with van der Waals surface area (Å²) in [7, 11) is 0. The fraction of sp³-hybridized carbons (Fsp3) is 0.875. The molecule has 20 heavy (non-hydrogen) atoms. The molecule has 112 valence electrons. The number of Topliss-reactive ketones (excluding diaryl/α,β-unsaturated/α-hetero) is 1. The molecule has 0 bridgehead atoms. The number of fused-ring (bicyclic) bond motifs is 1. The molecule has 2 aliphatic heterocycles. The Balaban J connectivity index is 1.49. The Morgan fingerprint density at radius 2 is 1.95 bits per heavy atom. The number of hydrogen-bond acceptors (Lipinski definition) is 3. The van der Waals surface area contributed by atoms with Crippen molar-refractivity contribution < 1.29 is 9.59 Å². The standard InChI is InChI=1S/C16H26N2O2/c19-15(12-4-2-1-3-5-12)11-18-9-8-14-13(10-18)6-7-16(20)17-14/h12-14H,1-11H2,(H,17,20). The van der Waals surface area contributed by atoms with Crippen LogP contribution in [0.3, 0.4) is 0 Å². The molecule has 1 aliphatic carbocycles. The van der Waals surface area contributed by atoms with Gasteiger partial charge in [-0.25, -0.2) is 0 Å². The van der Waals surface area contributed by atoms with Gasteiger partial charge in [0.25, 0.3) is 0 Å². The summed E-state index contributed by atoms with van der Waals surface area (Å²) >= 11 is 0. The molecule has 1 saturated carbocycles. The Labute approximate surface area is 121 Å². The molecule has 4 nitrogen and oxygen atoms in total. The number of likely N-dealkylation sites (tertiary alicyclic amines) is 1. The van der Waals surface area contributed by atoms with Crippen molar-refractivity contribution in [2.45, 2.75) is 57.4 Å². The molecular formula is C16H26N2O2. The number of rotatable bonds is 3. The Bertz CT molecular complexity index is 377. The minimum absolute atomic E-state index is 0.206. The summed E-state index contributed by atoms with van der Waals surface area (Å²) < 4.78 is 0. The van der Waals surface area contributed by atoms with Crippen molar-refractivity contribution in [2.75, 3.05) is 19.6 Å². The molecule has 1 amide bonds. The first kappa shape index (κ1) is 14.1. The van der Waals surface area contributed by atoms with Crippen molar-refractivity contribution in [3.05, 3.63) is 0 Å². The smallest absolute Gasteiger partial charge is 0.220 e. The molecule has 0 aromatic heterocycles. The molecule has 3 fully saturated rings. The second-order valence-electron chi connectivity index (χ2n) is 6.80. The largest absolute Gasteiger partial charge is 0.353 e. The van der Waals surface area contributed by atoms with Crippen LogP contribution in [0.1, 0.15) is 51.4 Å². The highest BCUT2D eigenvalue weighted by Crippen LogP contribution is 2.27. The second kappa shape index (κ2) is 6.25. The van der Waals surface area contributed by atoms with Crippen molar-refractivity contribution in [3.8, 4) is 0 Å². The van der Waals surface area contributed by atoms with Crippen molar-refractivity contribution >= 4 is 11.7 Å². The molecule has 0 aromatic carbocycles. The van der Waals surface area contributed by atoms with E-state index in [1.807, 2.05) is 0 Å². The third kappa shape index (κ3) is 3.22. The first-order valence-electron chi connectivity index (χ1n) is 8.27. The molecule has 2 saturated heterocycles. The molecule has 0 aromatic rings. The first-order chi connectivity index (χ1) is 9.72. The first-order valence-corrected chi connectivity index (χ1v) is 8.27. The van der Waals surface area contributed by atoms with Crippen LogP contribution in [0.4, 0.5) is 0 Å². The Kier molecular flexibility index (Phi) is 4.39. The fourth-order valence-electron chi connectivity index (χ4n) is 4.10. The lowest BCUT2D eigenvalue weighted by Crippen LogP contribution is -2.54. The molecule has 1 N–H and O–H groups in total. The van der Waals surface area contributed by atoms with Gasteiger partial charge in [0.15, 0.2) is 0 Å². The Morgan fingerprint density at radius 1 is 1.15 bits per heavy atom. The number of nitrogens with zero attached hydrogens (tertiary/aromatic N) is 1. The maximum atomic E-state index is 12.4. The highest BCUT2D eigenvalue weighted by atomic mass is 16.1. The summed E-state index contributed by atoms with van der Waals surface area (Å²) in [5.74, 6) is 1.55. The summed E-state index contributed by atoms with van der Waals surface area (Å²) in [5.41, 5.74) is 0. The van der Waals surface area contributed by atoms with E-state index in [0.29, 0.717) is 36.6 Å². The van der Waals surface area contributed by atoms with Crippen LogP contribution in [-0.4, -0.2) is 42.3 Å². The number of carbonyl (C=O) groups is 2. The van der Waals surface area contributed by atoms with E-state index in [4.69, 9.17) is 0 Å². The van der Waals surface area contributed by atoms with Crippen molar-refractivity contribution in [3.63, 3.8) is 0 Å². The van der Waals surface area contributed by atoms with Crippen LogP contribution in [0.25, 0.3) is 0 Å². The Hall–Kier alpha value is -0.900. The molecule has 3 rings (SSSR count). The fourth-order valence-corrected chi connectivity index (χ4v) is 4.10. The van der Waals surface area contributed by atoms with Gasteiger partial charge in [0, 0.05) is 31.5 Å². The van der Waals surface area contributed by atoms with Crippen LogP contribution in [0.15, 0.2) is 0 Å². The predicted molar refractivity (Wildman–Crippen MR) is 77.3 cm³/mol. The van der Waals surface area contributed by atoms with E-state index in [2.05, 4.69) is 10.2 Å². The topological polar surface area (TPSA) is 49.4 Å². The van der Waals surface area contributed by atoms with Crippen LogP contribution >= 0.6 is 0 Å². The third-order valence-electron chi connectivity index (χ3n) is 5.35. The quantitative estimate of drug-likeness (QED) is 0.855. The van der Waals surface area contributed by atoms with Gasteiger partial charge in [-0.2, -0.15) is 0 Å². The maximum absolute atomic E-state index is 12.4. The number of nitrogens with one attached hydrogen (secondary N) is 1. The molecule has 4 heteroatoms. The van der Waals surface area contributed by atoms with Crippen LogP contribution in [0.5, 0.6) is 0 Å². The van der Waals surface area contributed by atoms with E-state index >= 15 is 0 Å². The maximum Gasteiger partial charge on any atom is 0.220 e. The van der Waals surface area contributed by atoms with E-state index in [0.717, 1.165) is 38.8 Å². The number of piperidine rings is 2. The number of amides is 1. The average Bonchev–Trinajstić information content (AvgIpc) is 2.48. The Morgan fingerprint density at radius 3 is 2.75 bits per heavy atom. The van der Waals surface area contributed by atoms with E-state index in [1.165, 1.54) is 19.3 Å². The van der Waals surface area contributed by atoms with Crippen LogP contribution < -0.4 is 5.32 Å². The van der Waals surface area contributed by atoms with Gasteiger partial charge in [0.05, 0.1) is 6.54 Å². The van der Waals surface area contributed by atoms with Crippen molar-refractivity contribution in [1.29, 1.82) is 0 Å².